The maximum absolute atomic E-state index is 5.86. The Hall–Kier alpha value is -0.120. The van der Waals surface area contributed by atoms with Gasteiger partial charge in [-0.25, -0.2) is 0 Å². The van der Waals surface area contributed by atoms with E-state index in [4.69, 9.17) is 14.2 Å². The van der Waals surface area contributed by atoms with Crippen molar-refractivity contribution < 1.29 is 14.2 Å². The lowest BCUT2D eigenvalue weighted by molar-refractivity contribution is -0.152. The molecule has 2 rings (SSSR count). The van der Waals surface area contributed by atoms with Gasteiger partial charge in [-0.2, -0.15) is 0 Å². The van der Waals surface area contributed by atoms with Crippen LogP contribution in [0.2, 0.25) is 0 Å². The van der Waals surface area contributed by atoms with Crippen LogP contribution >= 0.6 is 0 Å². The van der Waals surface area contributed by atoms with Crippen LogP contribution < -0.4 is 0 Å². The van der Waals surface area contributed by atoms with Crippen molar-refractivity contribution in [2.75, 3.05) is 13.2 Å². The van der Waals surface area contributed by atoms with Gasteiger partial charge in [-0.3, -0.25) is 0 Å². The number of hydrogen-bond donors (Lipinski definition) is 0. The van der Waals surface area contributed by atoms with Crippen LogP contribution in [0.5, 0.6) is 0 Å². The van der Waals surface area contributed by atoms with Crippen molar-refractivity contribution >= 4 is 0 Å². The Morgan fingerprint density at radius 2 is 1.71 bits per heavy atom. The van der Waals surface area contributed by atoms with E-state index in [0.29, 0.717) is 6.61 Å². The van der Waals surface area contributed by atoms with E-state index in [0.717, 1.165) is 6.61 Å². The summed E-state index contributed by atoms with van der Waals surface area (Å²) in [6.45, 7) is 11.9. The van der Waals surface area contributed by atoms with Crippen molar-refractivity contribution in [1.82, 2.24) is 0 Å². The van der Waals surface area contributed by atoms with Crippen molar-refractivity contribution in [3.63, 3.8) is 0 Å². The van der Waals surface area contributed by atoms with Crippen molar-refractivity contribution in [2.45, 2.75) is 52.1 Å². The fourth-order valence-electron chi connectivity index (χ4n) is 2.10. The monoisotopic (exact) mass is 200 g/mol. The summed E-state index contributed by atoms with van der Waals surface area (Å²) in [6, 6.07) is 0. The third-order valence-corrected chi connectivity index (χ3v) is 3.25. The highest BCUT2D eigenvalue weighted by Gasteiger charge is 2.63. The largest absolute Gasteiger partial charge is 0.366 e. The van der Waals surface area contributed by atoms with E-state index in [-0.39, 0.29) is 17.1 Å². The summed E-state index contributed by atoms with van der Waals surface area (Å²) in [6.07, 6.45) is 0.0810. The third kappa shape index (κ3) is 1.47. The van der Waals surface area contributed by atoms with E-state index in [9.17, 15) is 0 Å². The second-order valence-corrected chi connectivity index (χ2v) is 5.75. The lowest BCUT2D eigenvalue weighted by Gasteiger charge is -2.31. The molecule has 0 spiro atoms. The van der Waals surface area contributed by atoms with Crippen LogP contribution in [0.25, 0.3) is 0 Å². The maximum atomic E-state index is 5.86. The Balaban J connectivity index is 2.11. The summed E-state index contributed by atoms with van der Waals surface area (Å²) >= 11 is 0. The van der Waals surface area contributed by atoms with Gasteiger partial charge in [0.05, 0.1) is 13.2 Å². The molecular weight excluding hydrogens is 180 g/mol. The molecule has 2 aliphatic rings. The van der Waals surface area contributed by atoms with Crippen LogP contribution in [0.15, 0.2) is 0 Å². The van der Waals surface area contributed by atoms with E-state index in [1.165, 1.54) is 0 Å². The topological polar surface area (TPSA) is 31.0 Å². The summed E-state index contributed by atoms with van der Waals surface area (Å²) < 4.78 is 17.1. The average molecular weight is 200 g/mol. The Bertz CT molecular complexity index is 235. The van der Waals surface area contributed by atoms with Crippen molar-refractivity contribution in [3.05, 3.63) is 0 Å². The zero-order valence-corrected chi connectivity index (χ0v) is 9.72. The fourth-order valence-corrected chi connectivity index (χ4v) is 2.10. The van der Waals surface area contributed by atoms with Gasteiger partial charge in [0.2, 0.25) is 0 Å². The highest BCUT2D eigenvalue weighted by molar-refractivity contribution is 5.09. The van der Waals surface area contributed by atoms with Crippen LogP contribution in [0, 0.1) is 5.41 Å². The Labute approximate surface area is 85.7 Å². The van der Waals surface area contributed by atoms with Crippen molar-refractivity contribution in [2.24, 2.45) is 5.41 Å². The highest BCUT2D eigenvalue weighted by Crippen LogP contribution is 2.50. The van der Waals surface area contributed by atoms with Gasteiger partial charge in [0.15, 0.2) is 5.79 Å². The van der Waals surface area contributed by atoms with Gasteiger partial charge >= 0.3 is 0 Å². The second kappa shape index (κ2) is 2.71. The summed E-state index contributed by atoms with van der Waals surface area (Å²) in [5, 5.41) is 0. The minimum atomic E-state index is -0.450. The molecule has 0 amide bonds. The molecule has 0 aromatic heterocycles. The fraction of sp³-hybridized carbons (Fsp3) is 1.00. The van der Waals surface area contributed by atoms with Gasteiger partial charge in [0.1, 0.15) is 11.7 Å². The maximum Gasteiger partial charge on any atom is 0.163 e. The number of hydrogen-bond acceptors (Lipinski definition) is 3. The lowest BCUT2D eigenvalue weighted by atomic mass is 9.77. The van der Waals surface area contributed by atoms with Gasteiger partial charge < -0.3 is 14.2 Å². The van der Waals surface area contributed by atoms with Gasteiger partial charge in [0, 0.05) is 0 Å². The molecule has 0 aromatic rings. The molecule has 0 radical (unpaired) electrons. The first-order chi connectivity index (χ1) is 6.27. The van der Waals surface area contributed by atoms with Crippen molar-refractivity contribution in [3.8, 4) is 0 Å². The smallest absolute Gasteiger partial charge is 0.163 e. The number of epoxide rings is 1. The zero-order valence-electron chi connectivity index (χ0n) is 9.72. The van der Waals surface area contributed by atoms with E-state index < -0.39 is 5.79 Å². The predicted octanol–water partition coefficient (Wildman–Crippen LogP) is 1.95. The highest BCUT2D eigenvalue weighted by atomic mass is 16.8. The van der Waals surface area contributed by atoms with E-state index >= 15 is 0 Å². The first-order valence-electron chi connectivity index (χ1n) is 5.23. The molecule has 3 nitrogen and oxygen atoms in total. The summed E-state index contributed by atoms with van der Waals surface area (Å²) in [4.78, 5) is 0. The molecule has 82 valence electrons. The molecule has 0 aromatic carbocycles. The van der Waals surface area contributed by atoms with Gasteiger partial charge in [0.25, 0.3) is 0 Å². The van der Waals surface area contributed by atoms with Crippen LogP contribution in [0.3, 0.4) is 0 Å². The zero-order chi connectivity index (χ0) is 10.6. The molecule has 2 fully saturated rings. The van der Waals surface area contributed by atoms with E-state index in [1.807, 2.05) is 13.8 Å². The van der Waals surface area contributed by atoms with Crippen LogP contribution in [-0.2, 0) is 14.2 Å². The molecule has 2 atom stereocenters. The Morgan fingerprint density at radius 1 is 1.14 bits per heavy atom. The minimum Gasteiger partial charge on any atom is -0.366 e. The van der Waals surface area contributed by atoms with E-state index in [1.54, 1.807) is 0 Å². The normalized spacial score (nSPS) is 41.4. The molecular formula is C11H20O3. The third-order valence-electron chi connectivity index (χ3n) is 3.25. The molecule has 2 heterocycles. The molecule has 0 saturated carbocycles. The SMILES string of the molecule is CC1(C)OCC(C2(C(C)(C)C)CO2)O1. The first kappa shape index (κ1) is 10.4. The molecule has 2 saturated heterocycles. The van der Waals surface area contributed by atoms with Gasteiger partial charge in [-0.1, -0.05) is 20.8 Å². The average Bonchev–Trinajstić information content (AvgIpc) is 2.71. The Kier molecular flexibility index (Phi) is 2.02. The molecule has 2 aliphatic heterocycles. The van der Waals surface area contributed by atoms with Crippen LogP contribution in [0.4, 0.5) is 0 Å². The lowest BCUT2D eigenvalue weighted by Crippen LogP contribution is -2.44. The summed E-state index contributed by atoms with van der Waals surface area (Å²) in [7, 11) is 0. The molecule has 0 aliphatic carbocycles. The molecule has 3 heteroatoms. The number of rotatable bonds is 1. The minimum absolute atomic E-state index is 0.0810. The standard InChI is InChI=1S/C11H20O3/c1-9(2,3)11(7-13-11)8-6-12-10(4,5)14-8/h8H,6-7H2,1-5H3. The van der Waals surface area contributed by atoms with Crippen molar-refractivity contribution in [1.29, 1.82) is 0 Å². The molecule has 0 N–H and O–H groups in total. The van der Waals surface area contributed by atoms with Crippen LogP contribution in [-0.4, -0.2) is 30.7 Å². The quantitative estimate of drug-likeness (QED) is 0.606. The van der Waals surface area contributed by atoms with Gasteiger partial charge in [-0.05, 0) is 19.3 Å². The Morgan fingerprint density at radius 3 is 2.00 bits per heavy atom. The second-order valence-electron chi connectivity index (χ2n) is 5.75. The van der Waals surface area contributed by atoms with Crippen LogP contribution in [0.1, 0.15) is 34.6 Å². The molecule has 2 unspecified atom stereocenters. The van der Waals surface area contributed by atoms with E-state index in [2.05, 4.69) is 20.8 Å². The molecule has 14 heavy (non-hydrogen) atoms. The first-order valence-corrected chi connectivity index (χ1v) is 5.23. The number of ether oxygens (including phenoxy) is 3. The summed E-state index contributed by atoms with van der Waals surface area (Å²) in [5.41, 5.74) is -0.0117. The van der Waals surface area contributed by atoms with Gasteiger partial charge in [-0.15, -0.1) is 0 Å². The molecule has 0 bridgehead atoms. The summed E-state index contributed by atoms with van der Waals surface area (Å²) in [5.74, 6) is -0.450. The predicted molar refractivity (Wildman–Crippen MR) is 53.0 cm³/mol.